The predicted octanol–water partition coefficient (Wildman–Crippen LogP) is 2.61. The molecule has 6 nitrogen and oxygen atoms in total. The van der Waals surface area contributed by atoms with Gasteiger partial charge in [-0.15, -0.1) is 0 Å². The van der Waals surface area contributed by atoms with Crippen LogP contribution in [0.4, 0.5) is 0 Å². The second-order valence-electron chi connectivity index (χ2n) is 5.17. The number of carbonyl (C=O) groups is 2. The Morgan fingerprint density at radius 2 is 1.91 bits per heavy atom. The molecule has 2 aromatic rings. The van der Waals surface area contributed by atoms with Gasteiger partial charge >= 0.3 is 5.97 Å². The molecule has 0 aliphatic rings. The third-order valence-electron chi connectivity index (χ3n) is 3.39. The van der Waals surface area contributed by atoms with E-state index in [-0.39, 0.29) is 12.3 Å². The Bertz CT molecular complexity index is 653. The molecule has 0 bridgehead atoms. The van der Waals surface area contributed by atoms with Gasteiger partial charge < -0.3 is 14.9 Å². The van der Waals surface area contributed by atoms with Gasteiger partial charge in [0.2, 0.25) is 5.91 Å². The number of hydrogen-bond donors (Lipinski definition) is 2. The lowest BCUT2D eigenvalue weighted by atomic mass is 9.98. The fourth-order valence-corrected chi connectivity index (χ4v) is 2.45. The van der Waals surface area contributed by atoms with Crippen LogP contribution >= 0.6 is 0 Å². The minimum absolute atomic E-state index is 0.162. The number of amides is 1. The van der Waals surface area contributed by atoms with Crippen molar-refractivity contribution in [1.29, 1.82) is 0 Å². The van der Waals surface area contributed by atoms with E-state index in [9.17, 15) is 9.59 Å². The van der Waals surface area contributed by atoms with E-state index in [4.69, 9.17) is 9.63 Å². The second kappa shape index (κ2) is 6.43. The highest BCUT2D eigenvalue weighted by atomic mass is 16.5. The molecular weight excluding hydrogens is 284 g/mol. The van der Waals surface area contributed by atoms with E-state index in [1.54, 1.807) is 0 Å². The molecule has 22 heavy (non-hydrogen) atoms. The van der Waals surface area contributed by atoms with Crippen molar-refractivity contribution in [2.75, 3.05) is 0 Å². The van der Waals surface area contributed by atoms with E-state index in [0.717, 1.165) is 28.1 Å². The van der Waals surface area contributed by atoms with E-state index >= 15 is 0 Å². The van der Waals surface area contributed by atoms with Crippen LogP contribution in [0.25, 0.3) is 11.1 Å². The molecule has 0 saturated carbocycles. The molecule has 116 valence electrons. The van der Waals surface area contributed by atoms with Crippen molar-refractivity contribution in [1.82, 2.24) is 10.5 Å². The molecule has 0 saturated heterocycles. The maximum atomic E-state index is 11.2. The highest BCUT2D eigenvalue weighted by molar-refractivity contribution is 5.75. The van der Waals surface area contributed by atoms with Crippen molar-refractivity contribution in [3.8, 4) is 11.1 Å². The first-order chi connectivity index (χ1) is 10.4. The minimum Gasteiger partial charge on any atom is -0.481 e. The molecule has 0 aliphatic carbocycles. The van der Waals surface area contributed by atoms with Crippen LogP contribution in [0.15, 0.2) is 28.8 Å². The van der Waals surface area contributed by atoms with Gasteiger partial charge in [0, 0.05) is 12.5 Å². The Kier molecular flexibility index (Phi) is 4.60. The largest absolute Gasteiger partial charge is 0.481 e. The van der Waals surface area contributed by atoms with E-state index < -0.39 is 12.0 Å². The summed E-state index contributed by atoms with van der Waals surface area (Å²) in [6, 6.07) is 6.82. The fourth-order valence-electron chi connectivity index (χ4n) is 2.45. The van der Waals surface area contributed by atoms with E-state index in [0.29, 0.717) is 0 Å². The quantitative estimate of drug-likeness (QED) is 0.885. The van der Waals surface area contributed by atoms with Gasteiger partial charge in [-0.05, 0) is 25.0 Å². The Balaban J connectivity index is 2.29. The normalized spacial score (nSPS) is 12.0. The number of benzene rings is 1. The second-order valence-corrected chi connectivity index (χ2v) is 5.17. The van der Waals surface area contributed by atoms with Crippen LogP contribution in [0, 0.1) is 13.8 Å². The number of rotatable bonds is 5. The van der Waals surface area contributed by atoms with E-state index in [1.165, 1.54) is 6.92 Å². The van der Waals surface area contributed by atoms with Crippen molar-refractivity contribution in [3.63, 3.8) is 0 Å². The Morgan fingerprint density at radius 3 is 2.36 bits per heavy atom. The summed E-state index contributed by atoms with van der Waals surface area (Å²) in [6.07, 6.45) is -0.162. The first-order valence-electron chi connectivity index (χ1n) is 6.90. The number of carbonyl (C=O) groups excluding carboxylic acids is 1. The highest BCUT2D eigenvalue weighted by Crippen LogP contribution is 2.28. The highest BCUT2D eigenvalue weighted by Gasteiger charge is 2.17. The van der Waals surface area contributed by atoms with Crippen molar-refractivity contribution < 1.29 is 19.2 Å². The lowest BCUT2D eigenvalue weighted by Gasteiger charge is -2.16. The smallest absolute Gasteiger partial charge is 0.305 e. The monoisotopic (exact) mass is 302 g/mol. The molecule has 6 heteroatoms. The van der Waals surface area contributed by atoms with Gasteiger partial charge in [-0.3, -0.25) is 9.59 Å². The summed E-state index contributed by atoms with van der Waals surface area (Å²) in [5.74, 6) is -0.496. The summed E-state index contributed by atoms with van der Waals surface area (Å²) in [5, 5.41) is 15.5. The first kappa shape index (κ1) is 15.8. The molecule has 1 amide bonds. The molecule has 1 unspecified atom stereocenters. The molecule has 1 aromatic heterocycles. The van der Waals surface area contributed by atoms with Gasteiger partial charge in [0.1, 0.15) is 5.76 Å². The topological polar surface area (TPSA) is 92.4 Å². The average molecular weight is 302 g/mol. The number of nitrogens with zero attached hydrogens (tertiary/aromatic N) is 1. The molecule has 2 N–H and O–H groups in total. The summed E-state index contributed by atoms with van der Waals surface area (Å²) < 4.78 is 5.15. The fraction of sp³-hybridized carbons (Fsp3) is 0.312. The molecule has 0 aliphatic heterocycles. The van der Waals surface area contributed by atoms with Crippen LogP contribution in [-0.4, -0.2) is 22.1 Å². The lowest BCUT2D eigenvalue weighted by molar-refractivity contribution is -0.137. The average Bonchev–Trinajstić information content (AvgIpc) is 2.77. The summed E-state index contributed by atoms with van der Waals surface area (Å²) >= 11 is 0. The molecule has 0 spiro atoms. The number of carboxylic acid groups (broad SMARTS) is 1. The maximum absolute atomic E-state index is 11.2. The first-order valence-corrected chi connectivity index (χ1v) is 6.90. The van der Waals surface area contributed by atoms with Gasteiger partial charge in [0.05, 0.1) is 18.2 Å². The summed E-state index contributed by atoms with van der Waals surface area (Å²) in [5.41, 5.74) is 3.42. The predicted molar refractivity (Wildman–Crippen MR) is 80.2 cm³/mol. The number of aryl methyl sites for hydroxylation is 2. The summed E-state index contributed by atoms with van der Waals surface area (Å²) in [7, 11) is 0. The van der Waals surface area contributed by atoms with Crippen LogP contribution in [0.2, 0.25) is 0 Å². The van der Waals surface area contributed by atoms with Crippen molar-refractivity contribution >= 4 is 11.9 Å². The zero-order valence-electron chi connectivity index (χ0n) is 12.7. The van der Waals surface area contributed by atoms with Crippen LogP contribution in [0.1, 0.15) is 36.4 Å². The minimum atomic E-state index is -0.964. The third-order valence-corrected chi connectivity index (χ3v) is 3.39. The number of aliphatic carboxylic acids is 1. The van der Waals surface area contributed by atoms with Crippen molar-refractivity contribution in [3.05, 3.63) is 41.3 Å². The zero-order valence-corrected chi connectivity index (χ0v) is 12.7. The van der Waals surface area contributed by atoms with Crippen LogP contribution in [0.3, 0.4) is 0 Å². The van der Waals surface area contributed by atoms with Gasteiger partial charge in [0.15, 0.2) is 0 Å². The molecule has 1 aromatic carbocycles. The standard InChI is InChI=1S/C16H18N2O4/c1-9-16(10(2)22-18-9)13-6-4-12(5-7-13)14(8-15(20)21)17-11(3)19/h4-7,14H,8H2,1-3H3,(H,17,19)(H,20,21). The SMILES string of the molecule is CC(=O)NC(CC(=O)O)c1ccc(-c2c(C)noc2C)cc1. The molecule has 1 atom stereocenters. The van der Waals surface area contributed by atoms with Crippen molar-refractivity contribution in [2.24, 2.45) is 0 Å². The zero-order chi connectivity index (χ0) is 16.3. The van der Waals surface area contributed by atoms with Crippen molar-refractivity contribution in [2.45, 2.75) is 33.2 Å². The Hall–Kier alpha value is -2.63. The number of aromatic nitrogens is 1. The molecular formula is C16H18N2O4. The summed E-state index contributed by atoms with van der Waals surface area (Å²) in [6.45, 7) is 5.07. The van der Waals surface area contributed by atoms with E-state index in [1.807, 2.05) is 38.1 Å². The molecule has 0 radical (unpaired) electrons. The Labute approximate surface area is 128 Å². The lowest BCUT2D eigenvalue weighted by Crippen LogP contribution is -2.27. The van der Waals surface area contributed by atoms with Gasteiger partial charge in [0.25, 0.3) is 0 Å². The molecule has 0 fully saturated rings. The van der Waals surface area contributed by atoms with Gasteiger partial charge in [-0.2, -0.15) is 0 Å². The summed E-state index contributed by atoms with van der Waals surface area (Å²) in [4.78, 5) is 22.2. The van der Waals surface area contributed by atoms with Crippen LogP contribution in [-0.2, 0) is 9.59 Å². The molecule has 2 rings (SSSR count). The number of hydrogen-bond acceptors (Lipinski definition) is 4. The van der Waals surface area contributed by atoms with Gasteiger partial charge in [-0.1, -0.05) is 29.4 Å². The maximum Gasteiger partial charge on any atom is 0.305 e. The van der Waals surface area contributed by atoms with E-state index in [2.05, 4.69) is 10.5 Å². The molecule has 1 heterocycles. The number of nitrogens with one attached hydrogen (secondary N) is 1. The van der Waals surface area contributed by atoms with Gasteiger partial charge in [-0.25, -0.2) is 0 Å². The van der Waals surface area contributed by atoms with Crippen LogP contribution < -0.4 is 5.32 Å². The van der Waals surface area contributed by atoms with Crippen LogP contribution in [0.5, 0.6) is 0 Å². The third kappa shape index (κ3) is 3.52. The Morgan fingerprint density at radius 1 is 1.27 bits per heavy atom. The number of carboxylic acids is 1.